The molecule has 22 heavy (non-hydrogen) atoms. The molecule has 0 aromatic heterocycles. The van der Waals surface area contributed by atoms with Crippen LogP contribution >= 0.6 is 0 Å². The predicted molar refractivity (Wildman–Crippen MR) is 74.9 cm³/mol. The second-order valence-electron chi connectivity index (χ2n) is 7.37. The molecule has 2 aliphatic rings. The van der Waals surface area contributed by atoms with E-state index in [0.29, 0.717) is 19.3 Å². The highest BCUT2D eigenvalue weighted by Gasteiger charge is 2.65. The van der Waals surface area contributed by atoms with Crippen LogP contribution in [0, 0.1) is 22.7 Å². The molecule has 0 radical (unpaired) electrons. The molecule has 2 saturated carbocycles. The lowest BCUT2D eigenvalue weighted by Gasteiger charge is -2.39. The number of ether oxygens (including phenoxy) is 2. The van der Waals surface area contributed by atoms with E-state index in [1.54, 1.807) is 13.8 Å². The molecule has 128 valence electrons. The number of rotatable bonds is 6. The largest absolute Gasteiger partial charge is 0.438 e. The highest BCUT2D eigenvalue weighted by atomic mass is 19.4. The Morgan fingerprint density at radius 1 is 1.27 bits per heavy atom. The fourth-order valence-electron chi connectivity index (χ4n) is 3.71. The first-order chi connectivity index (χ1) is 10.1. The summed E-state index contributed by atoms with van der Waals surface area (Å²) in [4.78, 5) is 11.8. The molecule has 0 saturated heterocycles. The van der Waals surface area contributed by atoms with Crippen molar-refractivity contribution in [2.75, 3.05) is 13.4 Å². The first-order valence-electron chi connectivity index (χ1n) is 7.94. The third-order valence-corrected chi connectivity index (χ3v) is 5.61. The molecule has 2 rings (SSSR count). The lowest BCUT2D eigenvalue weighted by Crippen LogP contribution is -2.46. The predicted octanol–water partition coefficient (Wildman–Crippen LogP) is 4.31. The molecule has 0 spiro atoms. The molecule has 0 aliphatic heterocycles. The molecular formula is C16H25F3O3. The van der Waals surface area contributed by atoms with Crippen LogP contribution in [0.4, 0.5) is 13.2 Å². The summed E-state index contributed by atoms with van der Waals surface area (Å²) >= 11 is 0. The van der Waals surface area contributed by atoms with Crippen LogP contribution in [0.25, 0.3) is 0 Å². The van der Waals surface area contributed by atoms with Gasteiger partial charge in [-0.3, -0.25) is 4.79 Å². The molecule has 3 nitrogen and oxygen atoms in total. The molecular weight excluding hydrogens is 297 g/mol. The van der Waals surface area contributed by atoms with Gasteiger partial charge < -0.3 is 9.47 Å². The Labute approximate surface area is 129 Å². The zero-order valence-electron chi connectivity index (χ0n) is 13.5. The molecule has 0 aromatic rings. The quantitative estimate of drug-likeness (QED) is 0.415. The van der Waals surface area contributed by atoms with E-state index in [1.165, 1.54) is 0 Å². The highest BCUT2D eigenvalue weighted by molar-refractivity contribution is 5.75. The third-order valence-electron chi connectivity index (χ3n) is 5.61. The van der Waals surface area contributed by atoms with Gasteiger partial charge in [-0.05, 0) is 51.4 Å². The number of carbonyl (C=O) groups excluding carboxylic acids is 1. The minimum Gasteiger partial charge on any atom is -0.438 e. The SMILES string of the molecule is CCC(C)(C)C(=O)OCOCC1(C(F)(F)F)CC2CCC1C2. The van der Waals surface area contributed by atoms with Crippen LogP contribution in [-0.4, -0.2) is 25.5 Å². The van der Waals surface area contributed by atoms with Crippen LogP contribution < -0.4 is 0 Å². The van der Waals surface area contributed by atoms with Crippen molar-refractivity contribution in [3.8, 4) is 0 Å². The Balaban J connectivity index is 1.88. The van der Waals surface area contributed by atoms with Gasteiger partial charge in [0.15, 0.2) is 6.79 Å². The Morgan fingerprint density at radius 3 is 2.41 bits per heavy atom. The molecule has 0 N–H and O–H groups in total. The zero-order valence-corrected chi connectivity index (χ0v) is 13.5. The third kappa shape index (κ3) is 3.12. The highest BCUT2D eigenvalue weighted by Crippen LogP contribution is 2.62. The second kappa shape index (κ2) is 6.02. The summed E-state index contributed by atoms with van der Waals surface area (Å²) in [6.45, 7) is 4.52. The maximum Gasteiger partial charge on any atom is 0.396 e. The molecule has 6 heteroatoms. The van der Waals surface area contributed by atoms with Crippen LogP contribution in [0.5, 0.6) is 0 Å². The van der Waals surface area contributed by atoms with Gasteiger partial charge in [0.2, 0.25) is 0 Å². The lowest BCUT2D eigenvalue weighted by atomic mass is 9.73. The first-order valence-corrected chi connectivity index (χ1v) is 7.94. The summed E-state index contributed by atoms with van der Waals surface area (Å²) in [5.74, 6) is -0.624. The van der Waals surface area contributed by atoms with Gasteiger partial charge >= 0.3 is 12.1 Å². The van der Waals surface area contributed by atoms with Crippen LogP contribution in [0.15, 0.2) is 0 Å². The van der Waals surface area contributed by atoms with Gasteiger partial charge in [-0.1, -0.05) is 13.3 Å². The number of alkyl halides is 3. The van der Waals surface area contributed by atoms with E-state index in [9.17, 15) is 18.0 Å². The standard InChI is InChI=1S/C16H25F3O3/c1-4-14(2,3)13(20)22-10-21-9-15(16(17,18)19)8-11-5-6-12(15)7-11/h11-12H,4-10H2,1-3H3. The number of hydrogen-bond donors (Lipinski definition) is 0. The fourth-order valence-corrected chi connectivity index (χ4v) is 3.71. The number of fused-ring (bicyclic) bond motifs is 2. The Bertz CT molecular complexity index is 419. The average Bonchev–Trinajstić information content (AvgIpc) is 3.03. The summed E-state index contributed by atoms with van der Waals surface area (Å²) in [6.07, 6.45) is -1.36. The Hall–Kier alpha value is -0.780. The van der Waals surface area contributed by atoms with Gasteiger partial charge in [-0.2, -0.15) is 13.2 Å². The van der Waals surface area contributed by atoms with E-state index < -0.39 is 36.4 Å². The van der Waals surface area contributed by atoms with Crippen LogP contribution in [0.3, 0.4) is 0 Å². The lowest BCUT2D eigenvalue weighted by molar-refractivity contribution is -0.263. The van der Waals surface area contributed by atoms with Crippen molar-refractivity contribution in [3.63, 3.8) is 0 Å². The maximum absolute atomic E-state index is 13.5. The number of halogens is 3. The molecule has 0 aromatic carbocycles. The van der Waals surface area contributed by atoms with Crippen molar-refractivity contribution in [1.29, 1.82) is 0 Å². The fraction of sp³-hybridized carbons (Fsp3) is 0.938. The van der Waals surface area contributed by atoms with E-state index in [0.717, 1.165) is 6.42 Å². The molecule has 3 atom stereocenters. The Kier molecular flexibility index (Phi) is 4.81. The number of hydrogen-bond acceptors (Lipinski definition) is 3. The van der Waals surface area contributed by atoms with Crippen molar-refractivity contribution in [2.24, 2.45) is 22.7 Å². The van der Waals surface area contributed by atoms with Crippen molar-refractivity contribution >= 4 is 5.97 Å². The van der Waals surface area contributed by atoms with E-state index in [2.05, 4.69) is 0 Å². The van der Waals surface area contributed by atoms with Gasteiger partial charge in [-0.15, -0.1) is 0 Å². The molecule has 3 unspecified atom stereocenters. The summed E-state index contributed by atoms with van der Waals surface area (Å²) in [5.41, 5.74) is -2.39. The van der Waals surface area contributed by atoms with Crippen molar-refractivity contribution in [1.82, 2.24) is 0 Å². The molecule has 0 amide bonds. The first kappa shape index (κ1) is 17.6. The van der Waals surface area contributed by atoms with E-state index in [4.69, 9.17) is 9.47 Å². The molecule has 0 heterocycles. The van der Waals surface area contributed by atoms with Gasteiger partial charge in [0.05, 0.1) is 17.4 Å². The van der Waals surface area contributed by atoms with Crippen LogP contribution in [-0.2, 0) is 14.3 Å². The minimum atomic E-state index is -4.26. The smallest absolute Gasteiger partial charge is 0.396 e. The molecule has 2 fully saturated rings. The van der Waals surface area contributed by atoms with Crippen LogP contribution in [0.2, 0.25) is 0 Å². The summed E-state index contributed by atoms with van der Waals surface area (Å²) in [7, 11) is 0. The van der Waals surface area contributed by atoms with E-state index >= 15 is 0 Å². The van der Waals surface area contributed by atoms with Crippen molar-refractivity contribution in [3.05, 3.63) is 0 Å². The molecule has 2 aliphatic carbocycles. The zero-order chi connectivity index (χ0) is 16.6. The summed E-state index contributed by atoms with van der Waals surface area (Å²) in [5, 5.41) is 0. The average molecular weight is 322 g/mol. The molecule has 2 bridgehead atoms. The van der Waals surface area contributed by atoms with Crippen molar-refractivity contribution < 1.29 is 27.4 Å². The van der Waals surface area contributed by atoms with E-state index in [-0.39, 0.29) is 18.3 Å². The monoisotopic (exact) mass is 322 g/mol. The van der Waals surface area contributed by atoms with Gasteiger partial charge in [0.1, 0.15) is 0 Å². The Morgan fingerprint density at radius 2 is 1.95 bits per heavy atom. The van der Waals surface area contributed by atoms with Crippen LogP contribution in [0.1, 0.15) is 52.9 Å². The topological polar surface area (TPSA) is 35.5 Å². The van der Waals surface area contributed by atoms with Gasteiger partial charge in [0, 0.05) is 0 Å². The van der Waals surface area contributed by atoms with Crippen molar-refractivity contribution in [2.45, 2.75) is 59.1 Å². The summed E-state index contributed by atoms with van der Waals surface area (Å²) in [6, 6.07) is 0. The normalized spacial score (nSPS) is 31.5. The number of esters is 1. The van der Waals surface area contributed by atoms with Gasteiger partial charge in [0.25, 0.3) is 0 Å². The maximum atomic E-state index is 13.5. The van der Waals surface area contributed by atoms with Gasteiger partial charge in [-0.25, -0.2) is 0 Å². The summed E-state index contributed by atoms with van der Waals surface area (Å²) < 4.78 is 50.7. The number of carbonyl (C=O) groups is 1. The van der Waals surface area contributed by atoms with E-state index in [1.807, 2.05) is 6.92 Å². The second-order valence-corrected chi connectivity index (χ2v) is 7.37. The minimum absolute atomic E-state index is 0.148.